The predicted molar refractivity (Wildman–Crippen MR) is 72.2 cm³/mol. The average Bonchev–Trinajstić information content (AvgIpc) is 2.34. The topological polar surface area (TPSA) is 63.8 Å². The summed E-state index contributed by atoms with van der Waals surface area (Å²) in [5.41, 5.74) is 7.76. The smallest absolute Gasteiger partial charge is 0.222 e. The van der Waals surface area contributed by atoms with Gasteiger partial charge in [-0.3, -0.25) is 0 Å². The zero-order chi connectivity index (χ0) is 12.5. The van der Waals surface area contributed by atoms with E-state index in [-0.39, 0.29) is 0 Å². The lowest BCUT2D eigenvalue weighted by Gasteiger charge is -2.07. The number of unbranched alkanes of at least 4 members (excludes halogenated alkanes) is 3. The van der Waals surface area contributed by atoms with Crippen molar-refractivity contribution in [2.45, 2.75) is 46.0 Å². The van der Waals surface area contributed by atoms with Crippen LogP contribution in [0.2, 0.25) is 0 Å². The SMILES string of the molecule is CCCCCCc1cnc(NCCN)nc1C. The van der Waals surface area contributed by atoms with Gasteiger partial charge in [-0.2, -0.15) is 0 Å². The molecule has 1 heterocycles. The molecule has 1 aromatic rings. The van der Waals surface area contributed by atoms with Gasteiger partial charge >= 0.3 is 0 Å². The van der Waals surface area contributed by atoms with Gasteiger partial charge in [-0.15, -0.1) is 0 Å². The molecule has 0 spiro atoms. The van der Waals surface area contributed by atoms with Gasteiger partial charge in [0.2, 0.25) is 5.95 Å². The lowest BCUT2D eigenvalue weighted by molar-refractivity contribution is 0.663. The van der Waals surface area contributed by atoms with Crippen LogP contribution >= 0.6 is 0 Å². The van der Waals surface area contributed by atoms with E-state index in [1.54, 1.807) is 0 Å². The third kappa shape index (κ3) is 5.13. The highest BCUT2D eigenvalue weighted by molar-refractivity contribution is 5.29. The third-order valence-electron chi connectivity index (χ3n) is 2.81. The number of anilines is 1. The fourth-order valence-corrected chi connectivity index (χ4v) is 1.75. The Balaban J connectivity index is 2.45. The van der Waals surface area contributed by atoms with Crippen LogP contribution in [0.4, 0.5) is 5.95 Å². The highest BCUT2D eigenvalue weighted by Crippen LogP contribution is 2.11. The molecule has 0 fully saturated rings. The van der Waals surface area contributed by atoms with Crippen LogP contribution in [-0.2, 0) is 6.42 Å². The van der Waals surface area contributed by atoms with Crippen molar-refractivity contribution in [1.82, 2.24) is 9.97 Å². The van der Waals surface area contributed by atoms with E-state index >= 15 is 0 Å². The molecule has 0 saturated carbocycles. The summed E-state index contributed by atoms with van der Waals surface area (Å²) in [5.74, 6) is 0.685. The van der Waals surface area contributed by atoms with Gasteiger partial charge in [0.15, 0.2) is 0 Å². The maximum Gasteiger partial charge on any atom is 0.222 e. The lowest BCUT2D eigenvalue weighted by Crippen LogP contribution is -2.15. The van der Waals surface area contributed by atoms with Gasteiger partial charge < -0.3 is 11.1 Å². The van der Waals surface area contributed by atoms with Crippen LogP contribution in [0.25, 0.3) is 0 Å². The first-order valence-corrected chi connectivity index (χ1v) is 6.54. The Morgan fingerprint density at radius 1 is 1.29 bits per heavy atom. The van der Waals surface area contributed by atoms with E-state index in [2.05, 4.69) is 22.2 Å². The van der Waals surface area contributed by atoms with E-state index in [1.165, 1.54) is 31.2 Å². The van der Waals surface area contributed by atoms with Crippen molar-refractivity contribution in [3.63, 3.8) is 0 Å². The van der Waals surface area contributed by atoms with Crippen molar-refractivity contribution in [2.24, 2.45) is 5.73 Å². The van der Waals surface area contributed by atoms with E-state index in [0.29, 0.717) is 12.5 Å². The number of rotatable bonds is 8. The van der Waals surface area contributed by atoms with Crippen LogP contribution in [-0.4, -0.2) is 23.1 Å². The number of hydrogen-bond acceptors (Lipinski definition) is 4. The molecule has 0 unspecified atom stereocenters. The van der Waals surface area contributed by atoms with Gasteiger partial charge in [0.1, 0.15) is 0 Å². The number of aromatic nitrogens is 2. The summed E-state index contributed by atoms with van der Waals surface area (Å²) in [4.78, 5) is 8.73. The van der Waals surface area contributed by atoms with Crippen LogP contribution in [0.1, 0.15) is 43.9 Å². The summed E-state index contributed by atoms with van der Waals surface area (Å²) in [5, 5.41) is 3.09. The molecule has 1 rings (SSSR count). The molecule has 0 aliphatic rings. The fourth-order valence-electron chi connectivity index (χ4n) is 1.75. The Bertz CT molecular complexity index is 325. The van der Waals surface area contributed by atoms with E-state index in [4.69, 9.17) is 5.73 Å². The Kier molecular flexibility index (Phi) is 6.55. The molecule has 0 aliphatic heterocycles. The molecule has 0 radical (unpaired) electrons. The Hall–Kier alpha value is -1.16. The lowest BCUT2D eigenvalue weighted by atomic mass is 10.1. The van der Waals surface area contributed by atoms with Crippen molar-refractivity contribution < 1.29 is 0 Å². The van der Waals surface area contributed by atoms with Crippen LogP contribution in [0.15, 0.2) is 6.20 Å². The molecule has 0 atom stereocenters. The third-order valence-corrected chi connectivity index (χ3v) is 2.81. The standard InChI is InChI=1S/C13H24N4/c1-3-4-5-6-7-12-10-16-13(15-9-8-14)17-11(12)2/h10H,3-9,14H2,1-2H3,(H,15,16,17). The molecule has 3 N–H and O–H groups in total. The second-order valence-corrected chi connectivity index (χ2v) is 4.33. The number of nitrogens with one attached hydrogen (secondary N) is 1. The first kappa shape index (κ1) is 13.9. The molecular formula is C13H24N4. The first-order chi connectivity index (χ1) is 8.27. The number of aryl methyl sites for hydroxylation is 2. The number of hydrogen-bond donors (Lipinski definition) is 2. The van der Waals surface area contributed by atoms with E-state index < -0.39 is 0 Å². The molecule has 96 valence electrons. The maximum atomic E-state index is 5.42. The van der Waals surface area contributed by atoms with Crippen LogP contribution in [0, 0.1) is 6.92 Å². The Morgan fingerprint density at radius 2 is 2.12 bits per heavy atom. The first-order valence-electron chi connectivity index (χ1n) is 6.54. The average molecular weight is 236 g/mol. The van der Waals surface area contributed by atoms with Crippen molar-refractivity contribution in [1.29, 1.82) is 0 Å². The number of nitrogens with zero attached hydrogens (tertiary/aromatic N) is 2. The highest BCUT2D eigenvalue weighted by Gasteiger charge is 2.02. The summed E-state index contributed by atoms with van der Waals surface area (Å²) >= 11 is 0. The summed E-state index contributed by atoms with van der Waals surface area (Å²) < 4.78 is 0. The molecule has 17 heavy (non-hydrogen) atoms. The largest absolute Gasteiger partial charge is 0.353 e. The van der Waals surface area contributed by atoms with Crippen LogP contribution < -0.4 is 11.1 Å². The molecule has 0 bridgehead atoms. The summed E-state index contributed by atoms with van der Waals surface area (Å²) in [6, 6.07) is 0. The minimum absolute atomic E-state index is 0.598. The summed E-state index contributed by atoms with van der Waals surface area (Å²) in [7, 11) is 0. The molecule has 0 amide bonds. The van der Waals surface area contributed by atoms with Gasteiger partial charge in [-0.05, 0) is 25.3 Å². The van der Waals surface area contributed by atoms with Gasteiger partial charge in [-0.25, -0.2) is 9.97 Å². The van der Waals surface area contributed by atoms with Crippen molar-refractivity contribution in [3.05, 3.63) is 17.5 Å². The van der Waals surface area contributed by atoms with Gasteiger partial charge in [0.05, 0.1) is 0 Å². The second-order valence-electron chi connectivity index (χ2n) is 4.33. The minimum atomic E-state index is 0.598. The van der Waals surface area contributed by atoms with Crippen molar-refractivity contribution >= 4 is 5.95 Å². The summed E-state index contributed by atoms with van der Waals surface area (Å²) in [6.45, 7) is 5.59. The normalized spacial score (nSPS) is 10.5. The van der Waals surface area contributed by atoms with Gasteiger partial charge in [0, 0.05) is 25.0 Å². The Morgan fingerprint density at radius 3 is 2.76 bits per heavy atom. The quantitative estimate of drug-likeness (QED) is 0.680. The van der Waals surface area contributed by atoms with E-state index in [9.17, 15) is 0 Å². The molecular weight excluding hydrogens is 212 g/mol. The molecule has 4 nitrogen and oxygen atoms in total. The summed E-state index contributed by atoms with van der Waals surface area (Å²) in [6.07, 6.45) is 8.14. The predicted octanol–water partition coefficient (Wildman–Crippen LogP) is 2.28. The molecule has 0 aliphatic carbocycles. The van der Waals surface area contributed by atoms with Crippen LogP contribution in [0.3, 0.4) is 0 Å². The zero-order valence-electron chi connectivity index (χ0n) is 11.0. The monoisotopic (exact) mass is 236 g/mol. The zero-order valence-corrected chi connectivity index (χ0v) is 11.0. The molecule has 0 saturated heterocycles. The Labute approximate surface area is 104 Å². The molecule has 0 aromatic carbocycles. The molecule has 4 heteroatoms. The molecule has 1 aromatic heterocycles. The van der Waals surface area contributed by atoms with E-state index in [0.717, 1.165) is 18.7 Å². The van der Waals surface area contributed by atoms with Crippen molar-refractivity contribution in [3.8, 4) is 0 Å². The second kappa shape index (κ2) is 8.01. The maximum absolute atomic E-state index is 5.42. The highest BCUT2D eigenvalue weighted by atomic mass is 15.1. The van der Waals surface area contributed by atoms with Gasteiger partial charge in [0.25, 0.3) is 0 Å². The van der Waals surface area contributed by atoms with Crippen molar-refractivity contribution in [2.75, 3.05) is 18.4 Å². The fraction of sp³-hybridized carbons (Fsp3) is 0.692. The van der Waals surface area contributed by atoms with E-state index in [1.807, 2.05) is 13.1 Å². The minimum Gasteiger partial charge on any atom is -0.353 e. The van der Waals surface area contributed by atoms with Crippen LogP contribution in [0.5, 0.6) is 0 Å². The van der Waals surface area contributed by atoms with Gasteiger partial charge in [-0.1, -0.05) is 26.2 Å². The number of nitrogens with two attached hydrogens (primary N) is 1.